The fourth-order valence-corrected chi connectivity index (χ4v) is 4.46. The number of hydrogen-bond donors (Lipinski definition) is 1. The Hall–Kier alpha value is -3.46. The van der Waals surface area contributed by atoms with Crippen LogP contribution in [0.1, 0.15) is 37.4 Å². The number of anilines is 1. The highest BCUT2D eigenvalue weighted by molar-refractivity contribution is 7.99. The van der Waals surface area contributed by atoms with Crippen molar-refractivity contribution in [3.63, 3.8) is 0 Å². The van der Waals surface area contributed by atoms with Crippen molar-refractivity contribution in [2.45, 2.75) is 38.1 Å². The fraction of sp³-hybridized carbons (Fsp3) is 0.320. The summed E-state index contributed by atoms with van der Waals surface area (Å²) in [5, 5.41) is 8.55. The summed E-state index contributed by atoms with van der Waals surface area (Å²) < 4.78 is 18.5. The summed E-state index contributed by atoms with van der Waals surface area (Å²) in [6.45, 7) is 4.37. The number of rotatable bonds is 9. The molecule has 0 radical (unpaired) electrons. The minimum atomic E-state index is -0.524. The van der Waals surface area contributed by atoms with Gasteiger partial charge in [-0.05, 0) is 36.6 Å². The van der Waals surface area contributed by atoms with Crippen LogP contribution in [0.5, 0.6) is 11.5 Å². The van der Waals surface area contributed by atoms with E-state index in [-0.39, 0.29) is 0 Å². The molecule has 2 aromatic carbocycles. The number of nitrogens with zero attached hydrogens (tertiary/aromatic N) is 3. The Morgan fingerprint density at radius 1 is 1.15 bits per heavy atom. The Bertz CT molecular complexity index is 1190. The molecule has 34 heavy (non-hydrogen) atoms. The molecule has 0 spiro atoms. The molecule has 1 aliphatic heterocycles. The molecule has 2 heterocycles. The molecule has 178 valence electrons. The third-order valence-corrected chi connectivity index (χ3v) is 6.46. The molecule has 1 N–H and O–H groups in total. The van der Waals surface area contributed by atoms with Gasteiger partial charge in [0.25, 0.3) is 0 Å². The van der Waals surface area contributed by atoms with Crippen LogP contribution in [-0.4, -0.2) is 40.7 Å². The van der Waals surface area contributed by atoms with Crippen LogP contribution in [-0.2, 0) is 16.1 Å². The molecule has 3 aromatic rings. The summed E-state index contributed by atoms with van der Waals surface area (Å²) in [4.78, 5) is 17.4. The van der Waals surface area contributed by atoms with Crippen LogP contribution in [0, 0.1) is 0 Å². The van der Waals surface area contributed by atoms with Gasteiger partial charge in [-0.25, -0.2) is 9.48 Å². The average molecular weight is 481 g/mol. The second-order valence-corrected chi connectivity index (χ2v) is 8.82. The molecule has 0 saturated carbocycles. The van der Waals surface area contributed by atoms with E-state index >= 15 is 0 Å². The first-order valence-corrected chi connectivity index (χ1v) is 12.0. The van der Waals surface area contributed by atoms with Crippen LogP contribution in [0.2, 0.25) is 0 Å². The molecule has 0 fully saturated rings. The minimum Gasteiger partial charge on any atom is -0.493 e. The van der Waals surface area contributed by atoms with Crippen LogP contribution in [0.3, 0.4) is 0 Å². The Kier molecular flexibility index (Phi) is 7.42. The van der Waals surface area contributed by atoms with Crippen LogP contribution in [0.4, 0.5) is 5.95 Å². The Morgan fingerprint density at radius 2 is 1.94 bits per heavy atom. The number of nitrogens with one attached hydrogen (secondary N) is 1. The number of hydrogen-bond acceptors (Lipinski definition) is 8. The van der Waals surface area contributed by atoms with Gasteiger partial charge < -0.3 is 19.5 Å². The number of aromatic nitrogens is 3. The van der Waals surface area contributed by atoms with Crippen molar-refractivity contribution in [3.05, 3.63) is 70.9 Å². The molecule has 0 bridgehead atoms. The van der Waals surface area contributed by atoms with Crippen LogP contribution < -0.4 is 14.8 Å². The molecule has 1 atom stereocenters. The van der Waals surface area contributed by atoms with E-state index in [1.54, 1.807) is 23.6 Å². The molecular weight excluding hydrogens is 452 g/mol. The SMILES string of the molecule is CCCSc1nc2n(n1)C(c1ccc(OCc3ccccc3)c(OC)c1)C(C(=O)OC)=C(C)N2. The second kappa shape index (κ2) is 10.6. The molecule has 0 saturated heterocycles. The predicted molar refractivity (Wildman–Crippen MR) is 131 cm³/mol. The number of allylic oxidation sites excluding steroid dienone is 1. The monoisotopic (exact) mass is 480 g/mol. The lowest BCUT2D eigenvalue weighted by atomic mass is 9.95. The molecule has 4 rings (SSSR count). The summed E-state index contributed by atoms with van der Waals surface area (Å²) in [5.74, 6) is 2.24. The van der Waals surface area contributed by atoms with Gasteiger partial charge in [-0.3, -0.25) is 0 Å². The normalized spacial score (nSPS) is 14.9. The van der Waals surface area contributed by atoms with Gasteiger partial charge in [-0.2, -0.15) is 4.98 Å². The molecule has 9 heteroatoms. The third kappa shape index (κ3) is 4.89. The highest BCUT2D eigenvalue weighted by Crippen LogP contribution is 2.40. The number of benzene rings is 2. The number of fused-ring (bicyclic) bond motifs is 1. The zero-order valence-corrected chi connectivity index (χ0v) is 20.5. The number of esters is 1. The molecular formula is C25H28N4O4S. The third-order valence-electron chi connectivity index (χ3n) is 5.41. The highest BCUT2D eigenvalue weighted by Gasteiger charge is 2.35. The van der Waals surface area contributed by atoms with Crippen molar-refractivity contribution in [2.24, 2.45) is 0 Å². The minimum absolute atomic E-state index is 0.418. The molecule has 0 amide bonds. The summed E-state index contributed by atoms with van der Waals surface area (Å²) >= 11 is 1.58. The molecule has 1 aromatic heterocycles. The fourth-order valence-electron chi connectivity index (χ4n) is 3.78. The number of thioether (sulfide) groups is 1. The lowest BCUT2D eigenvalue weighted by molar-refractivity contribution is -0.136. The summed E-state index contributed by atoms with van der Waals surface area (Å²) in [7, 11) is 2.97. The average Bonchev–Trinajstić information content (AvgIpc) is 3.27. The summed E-state index contributed by atoms with van der Waals surface area (Å²) in [5.41, 5.74) is 3.00. The van der Waals surface area contributed by atoms with Crippen LogP contribution in [0.25, 0.3) is 0 Å². The van der Waals surface area contributed by atoms with E-state index in [1.165, 1.54) is 7.11 Å². The lowest BCUT2D eigenvalue weighted by Crippen LogP contribution is -2.29. The van der Waals surface area contributed by atoms with Crippen molar-refractivity contribution >= 4 is 23.7 Å². The van der Waals surface area contributed by atoms with E-state index in [0.717, 1.165) is 23.3 Å². The summed E-state index contributed by atoms with van der Waals surface area (Å²) in [6, 6.07) is 15.0. The molecule has 1 unspecified atom stereocenters. The van der Waals surface area contributed by atoms with E-state index in [9.17, 15) is 4.79 Å². The van der Waals surface area contributed by atoms with Crippen molar-refractivity contribution in [2.75, 3.05) is 25.3 Å². The van der Waals surface area contributed by atoms with Gasteiger partial charge >= 0.3 is 5.97 Å². The first kappa shape index (κ1) is 23.7. The van der Waals surface area contributed by atoms with E-state index in [4.69, 9.17) is 19.3 Å². The zero-order chi connectivity index (χ0) is 24.1. The summed E-state index contributed by atoms with van der Waals surface area (Å²) in [6.07, 6.45) is 1.01. The van der Waals surface area contributed by atoms with E-state index in [0.29, 0.717) is 40.5 Å². The number of methoxy groups -OCH3 is 2. The molecule has 1 aliphatic rings. The highest BCUT2D eigenvalue weighted by atomic mass is 32.2. The Morgan fingerprint density at radius 3 is 2.65 bits per heavy atom. The number of ether oxygens (including phenoxy) is 3. The van der Waals surface area contributed by atoms with Crippen molar-refractivity contribution < 1.29 is 19.0 Å². The van der Waals surface area contributed by atoms with E-state index < -0.39 is 12.0 Å². The van der Waals surface area contributed by atoms with Gasteiger partial charge in [0.05, 0.1) is 19.8 Å². The van der Waals surface area contributed by atoms with Gasteiger partial charge in [-0.1, -0.05) is 55.1 Å². The maximum atomic E-state index is 12.8. The molecule has 0 aliphatic carbocycles. The number of carbonyl (C=O) groups is 1. The largest absolute Gasteiger partial charge is 0.493 e. The van der Waals surface area contributed by atoms with Gasteiger partial charge in [0, 0.05) is 11.4 Å². The molecule has 8 nitrogen and oxygen atoms in total. The predicted octanol–water partition coefficient (Wildman–Crippen LogP) is 4.83. The second-order valence-electron chi connectivity index (χ2n) is 7.75. The van der Waals surface area contributed by atoms with Gasteiger partial charge in [0.2, 0.25) is 11.1 Å². The first-order chi connectivity index (χ1) is 16.5. The van der Waals surface area contributed by atoms with E-state index in [2.05, 4.69) is 17.2 Å². The zero-order valence-electron chi connectivity index (χ0n) is 19.7. The van der Waals surface area contributed by atoms with Gasteiger partial charge in [0.15, 0.2) is 11.5 Å². The van der Waals surface area contributed by atoms with Crippen LogP contribution >= 0.6 is 11.8 Å². The van der Waals surface area contributed by atoms with Crippen LogP contribution in [0.15, 0.2) is 65.0 Å². The smallest absolute Gasteiger partial charge is 0.338 e. The maximum absolute atomic E-state index is 12.8. The Labute approximate surface area is 203 Å². The number of carbonyl (C=O) groups excluding carboxylic acids is 1. The van der Waals surface area contributed by atoms with E-state index in [1.807, 2.05) is 55.5 Å². The van der Waals surface area contributed by atoms with Crippen molar-refractivity contribution in [3.8, 4) is 11.5 Å². The van der Waals surface area contributed by atoms with Gasteiger partial charge in [-0.15, -0.1) is 5.10 Å². The van der Waals surface area contributed by atoms with Crippen molar-refractivity contribution in [1.29, 1.82) is 0 Å². The lowest BCUT2D eigenvalue weighted by Gasteiger charge is -2.28. The first-order valence-electron chi connectivity index (χ1n) is 11.1. The Balaban J connectivity index is 1.71. The van der Waals surface area contributed by atoms with Crippen molar-refractivity contribution in [1.82, 2.24) is 14.8 Å². The topological polar surface area (TPSA) is 87.5 Å². The standard InChI is InChI=1S/C25H28N4O4S/c1-5-13-34-25-27-24-26-16(2)21(23(30)32-4)22(29(24)28-25)18-11-12-19(20(14-18)31-3)33-15-17-9-7-6-8-10-17/h6-12,14,22H,5,13,15H2,1-4H3,(H,26,27,28). The van der Waals surface area contributed by atoms with Gasteiger partial charge in [0.1, 0.15) is 12.6 Å². The maximum Gasteiger partial charge on any atom is 0.338 e. The quantitative estimate of drug-likeness (QED) is 0.344.